The molecule has 0 saturated heterocycles. The Bertz CT molecular complexity index is 850. The van der Waals surface area contributed by atoms with Crippen molar-refractivity contribution in [3.05, 3.63) is 70.2 Å². The fourth-order valence-corrected chi connectivity index (χ4v) is 3.46. The van der Waals surface area contributed by atoms with Crippen molar-refractivity contribution in [1.29, 1.82) is 0 Å². The zero-order chi connectivity index (χ0) is 20.0. The third-order valence-corrected chi connectivity index (χ3v) is 5.50. The molecular formula is C22H28ClIN4O. The first kappa shape index (κ1) is 23.5. The van der Waals surface area contributed by atoms with Gasteiger partial charge in [-0.15, -0.1) is 24.0 Å². The van der Waals surface area contributed by atoms with E-state index in [9.17, 15) is 4.79 Å². The fourth-order valence-electron chi connectivity index (χ4n) is 3.33. The van der Waals surface area contributed by atoms with Crippen LogP contribution in [0.2, 0.25) is 5.02 Å². The summed E-state index contributed by atoms with van der Waals surface area (Å²) in [4.78, 5) is 16.1. The Labute approximate surface area is 194 Å². The monoisotopic (exact) mass is 526 g/mol. The molecule has 7 heteroatoms. The maximum Gasteiger partial charge on any atom is 0.251 e. The molecule has 0 radical (unpaired) electrons. The quantitative estimate of drug-likeness (QED) is 0.292. The summed E-state index contributed by atoms with van der Waals surface area (Å²) in [6.45, 7) is 1.59. The summed E-state index contributed by atoms with van der Waals surface area (Å²) in [7, 11) is 3.42. The molecule has 1 aliphatic carbocycles. The van der Waals surface area contributed by atoms with E-state index >= 15 is 0 Å². The molecule has 0 heterocycles. The standard InChI is InChI=1S/C22H27ClN4O.HI/c1-24-20(28)17-5-3-4-16(14-17)10-13-26-21(25-2)27-15-22(11-12-22)18-6-8-19(23)9-7-18;/h3-9,14H,10-13,15H2,1-2H3,(H,24,28)(H2,25,26,27);1H. The molecule has 0 bridgehead atoms. The number of rotatable bonds is 7. The van der Waals surface area contributed by atoms with E-state index in [2.05, 4.69) is 33.1 Å². The molecule has 0 spiro atoms. The average Bonchev–Trinajstić information content (AvgIpc) is 3.51. The third kappa shape index (κ3) is 6.34. The summed E-state index contributed by atoms with van der Waals surface area (Å²) in [5.41, 5.74) is 3.31. The molecule has 3 N–H and O–H groups in total. The Morgan fingerprint density at radius 2 is 1.86 bits per heavy atom. The lowest BCUT2D eigenvalue weighted by molar-refractivity contribution is 0.0963. The van der Waals surface area contributed by atoms with Crippen LogP contribution in [0.3, 0.4) is 0 Å². The topological polar surface area (TPSA) is 65.5 Å². The van der Waals surface area contributed by atoms with Gasteiger partial charge in [-0.3, -0.25) is 9.79 Å². The highest BCUT2D eigenvalue weighted by molar-refractivity contribution is 14.0. The first-order valence-electron chi connectivity index (χ1n) is 9.58. The Morgan fingerprint density at radius 3 is 2.48 bits per heavy atom. The predicted octanol–water partition coefficient (Wildman–Crippen LogP) is 3.76. The Balaban J connectivity index is 0.00000300. The van der Waals surface area contributed by atoms with E-state index < -0.39 is 0 Å². The first-order valence-corrected chi connectivity index (χ1v) is 9.96. The lowest BCUT2D eigenvalue weighted by Crippen LogP contribution is -2.42. The van der Waals surface area contributed by atoms with Gasteiger partial charge in [-0.1, -0.05) is 35.9 Å². The third-order valence-electron chi connectivity index (χ3n) is 5.25. The zero-order valence-corrected chi connectivity index (χ0v) is 19.9. The summed E-state index contributed by atoms with van der Waals surface area (Å²) in [6.07, 6.45) is 3.16. The van der Waals surface area contributed by atoms with Gasteiger partial charge < -0.3 is 16.0 Å². The van der Waals surface area contributed by atoms with Gasteiger partial charge in [0.2, 0.25) is 0 Å². The average molecular weight is 527 g/mol. The van der Waals surface area contributed by atoms with Gasteiger partial charge >= 0.3 is 0 Å². The van der Waals surface area contributed by atoms with E-state index in [1.165, 1.54) is 18.4 Å². The number of hydrogen-bond donors (Lipinski definition) is 3. The molecule has 29 heavy (non-hydrogen) atoms. The maximum atomic E-state index is 11.8. The highest BCUT2D eigenvalue weighted by Crippen LogP contribution is 2.47. The molecule has 1 amide bonds. The molecule has 0 aromatic heterocycles. The fraction of sp³-hybridized carbons (Fsp3) is 0.364. The van der Waals surface area contributed by atoms with Gasteiger partial charge in [-0.25, -0.2) is 0 Å². The van der Waals surface area contributed by atoms with Crippen LogP contribution in [0.15, 0.2) is 53.5 Å². The van der Waals surface area contributed by atoms with Crippen LogP contribution in [0.25, 0.3) is 0 Å². The number of nitrogens with zero attached hydrogens (tertiary/aromatic N) is 1. The van der Waals surface area contributed by atoms with E-state index in [0.717, 1.165) is 36.1 Å². The number of guanidine groups is 1. The van der Waals surface area contributed by atoms with Gasteiger partial charge in [0.1, 0.15) is 0 Å². The molecule has 2 aromatic rings. The number of hydrogen-bond acceptors (Lipinski definition) is 2. The van der Waals surface area contributed by atoms with Crippen LogP contribution in [0.5, 0.6) is 0 Å². The molecule has 2 aromatic carbocycles. The highest BCUT2D eigenvalue weighted by atomic mass is 127. The van der Waals surface area contributed by atoms with Crippen LogP contribution in [0, 0.1) is 0 Å². The summed E-state index contributed by atoms with van der Waals surface area (Å²) in [6, 6.07) is 15.8. The molecule has 156 valence electrons. The van der Waals surface area contributed by atoms with E-state index in [0.29, 0.717) is 5.56 Å². The van der Waals surface area contributed by atoms with E-state index in [1.54, 1.807) is 14.1 Å². The number of benzene rings is 2. The summed E-state index contributed by atoms with van der Waals surface area (Å²) < 4.78 is 0. The molecule has 1 aliphatic rings. The second-order valence-electron chi connectivity index (χ2n) is 7.17. The van der Waals surface area contributed by atoms with E-state index in [-0.39, 0.29) is 35.3 Å². The number of nitrogens with one attached hydrogen (secondary N) is 3. The molecule has 5 nitrogen and oxygen atoms in total. The molecular weight excluding hydrogens is 499 g/mol. The van der Waals surface area contributed by atoms with Gasteiger partial charge in [0.25, 0.3) is 5.91 Å². The summed E-state index contributed by atoms with van der Waals surface area (Å²) in [5, 5.41) is 10.2. The molecule has 1 fully saturated rings. The second kappa shape index (κ2) is 10.8. The zero-order valence-electron chi connectivity index (χ0n) is 16.8. The Kier molecular flexibility index (Phi) is 8.77. The molecule has 0 unspecified atom stereocenters. The van der Waals surface area contributed by atoms with Crippen LogP contribution in [0.4, 0.5) is 0 Å². The minimum Gasteiger partial charge on any atom is -0.356 e. The van der Waals surface area contributed by atoms with Crippen molar-refractivity contribution in [2.45, 2.75) is 24.7 Å². The smallest absolute Gasteiger partial charge is 0.251 e. The SMILES string of the molecule is CN=C(NCCc1cccc(C(=O)NC)c1)NCC1(c2ccc(Cl)cc2)CC1.I. The lowest BCUT2D eigenvalue weighted by atomic mass is 9.96. The van der Waals surface area contributed by atoms with Crippen molar-refractivity contribution in [1.82, 2.24) is 16.0 Å². The van der Waals surface area contributed by atoms with Gasteiger partial charge in [0.05, 0.1) is 0 Å². The van der Waals surface area contributed by atoms with Crippen molar-refractivity contribution >= 4 is 47.4 Å². The van der Waals surface area contributed by atoms with Crippen molar-refractivity contribution in [2.24, 2.45) is 4.99 Å². The van der Waals surface area contributed by atoms with Crippen LogP contribution in [-0.2, 0) is 11.8 Å². The van der Waals surface area contributed by atoms with E-state index in [4.69, 9.17) is 11.6 Å². The van der Waals surface area contributed by atoms with Crippen molar-refractivity contribution < 1.29 is 4.79 Å². The van der Waals surface area contributed by atoms with Gasteiger partial charge in [-0.2, -0.15) is 0 Å². The summed E-state index contributed by atoms with van der Waals surface area (Å²) >= 11 is 6.01. The van der Waals surface area contributed by atoms with Crippen molar-refractivity contribution in [3.8, 4) is 0 Å². The summed E-state index contributed by atoms with van der Waals surface area (Å²) in [5.74, 6) is 0.729. The normalized spacial score (nSPS) is 14.5. The number of amides is 1. The predicted molar refractivity (Wildman–Crippen MR) is 131 cm³/mol. The molecule has 1 saturated carbocycles. The van der Waals surface area contributed by atoms with Crippen LogP contribution >= 0.6 is 35.6 Å². The van der Waals surface area contributed by atoms with Gasteiger partial charge in [0, 0.05) is 43.2 Å². The largest absolute Gasteiger partial charge is 0.356 e. The van der Waals surface area contributed by atoms with Crippen molar-refractivity contribution in [3.63, 3.8) is 0 Å². The maximum absolute atomic E-state index is 11.8. The van der Waals surface area contributed by atoms with Gasteiger partial charge in [0.15, 0.2) is 5.96 Å². The highest BCUT2D eigenvalue weighted by Gasteiger charge is 2.44. The van der Waals surface area contributed by atoms with Gasteiger partial charge in [-0.05, 0) is 54.7 Å². The van der Waals surface area contributed by atoms with Crippen LogP contribution < -0.4 is 16.0 Å². The first-order chi connectivity index (χ1) is 13.6. The molecule has 0 atom stereocenters. The van der Waals surface area contributed by atoms with Crippen LogP contribution in [-0.4, -0.2) is 39.1 Å². The minimum absolute atomic E-state index is 0. The number of carbonyl (C=O) groups is 1. The Hall–Kier alpha value is -1.80. The lowest BCUT2D eigenvalue weighted by Gasteiger charge is -2.19. The second-order valence-corrected chi connectivity index (χ2v) is 7.61. The minimum atomic E-state index is -0.0655. The van der Waals surface area contributed by atoms with Crippen molar-refractivity contribution in [2.75, 3.05) is 27.2 Å². The number of carbonyl (C=O) groups excluding carboxylic acids is 1. The number of halogens is 2. The Morgan fingerprint density at radius 1 is 1.14 bits per heavy atom. The molecule has 3 rings (SSSR count). The van der Waals surface area contributed by atoms with Crippen LogP contribution in [0.1, 0.15) is 34.3 Å². The van der Waals surface area contributed by atoms with E-state index in [1.807, 2.05) is 36.4 Å². The number of aliphatic imine (C=N–C) groups is 1. The molecule has 0 aliphatic heterocycles.